The van der Waals surface area contributed by atoms with E-state index in [1.807, 2.05) is 42.5 Å². The van der Waals surface area contributed by atoms with Gasteiger partial charge in [-0.1, -0.05) is 73.9 Å². The molecule has 6 heteroatoms. The minimum absolute atomic E-state index is 0.0772. The second-order valence-electron chi connectivity index (χ2n) is 8.12. The van der Waals surface area contributed by atoms with Gasteiger partial charge >= 0.3 is 0 Å². The van der Waals surface area contributed by atoms with Gasteiger partial charge in [0, 0.05) is 30.8 Å². The van der Waals surface area contributed by atoms with Crippen LogP contribution in [0.1, 0.15) is 72.0 Å². The maximum Gasteiger partial charge on any atom is 0.243 e. The van der Waals surface area contributed by atoms with Gasteiger partial charge in [0.15, 0.2) is 5.78 Å². The van der Waals surface area contributed by atoms with Crippen LogP contribution in [0.25, 0.3) is 0 Å². The third-order valence-electron chi connectivity index (χ3n) is 5.85. The van der Waals surface area contributed by atoms with E-state index in [0.717, 1.165) is 37.7 Å². The van der Waals surface area contributed by atoms with Crippen molar-refractivity contribution >= 4 is 11.7 Å². The first-order valence-electron chi connectivity index (χ1n) is 11.3. The van der Waals surface area contributed by atoms with E-state index in [1.165, 1.54) is 0 Å². The topological polar surface area (TPSA) is 99.5 Å². The largest absolute Gasteiger partial charge is 0.376 e. The summed E-state index contributed by atoms with van der Waals surface area (Å²) in [5, 5.41) is 20.3. The molecule has 1 heterocycles. The van der Waals surface area contributed by atoms with Crippen LogP contribution >= 0.6 is 0 Å². The van der Waals surface area contributed by atoms with E-state index in [2.05, 4.69) is 4.98 Å². The zero-order chi connectivity index (χ0) is 23.5. The molecule has 1 amide bonds. The summed E-state index contributed by atoms with van der Waals surface area (Å²) in [4.78, 5) is 27.6. The van der Waals surface area contributed by atoms with Crippen molar-refractivity contribution in [1.82, 2.24) is 10.5 Å². The van der Waals surface area contributed by atoms with Crippen LogP contribution in [0, 0.1) is 0 Å². The molecule has 2 aromatic carbocycles. The number of pyridine rings is 1. The van der Waals surface area contributed by atoms with Crippen LogP contribution in [-0.2, 0) is 10.4 Å². The number of unbranched alkanes of at least 4 members (excludes halogenated alkanes) is 4. The van der Waals surface area contributed by atoms with Gasteiger partial charge in [-0.3, -0.25) is 19.8 Å². The second-order valence-corrected chi connectivity index (χ2v) is 8.12. The summed E-state index contributed by atoms with van der Waals surface area (Å²) >= 11 is 0. The number of carbonyl (C=O) groups excluding carboxylic acids is 2. The Morgan fingerprint density at radius 2 is 1.27 bits per heavy atom. The summed E-state index contributed by atoms with van der Waals surface area (Å²) in [5.41, 5.74) is 3.04. The highest BCUT2D eigenvalue weighted by Gasteiger charge is 2.33. The van der Waals surface area contributed by atoms with E-state index >= 15 is 0 Å². The van der Waals surface area contributed by atoms with Crippen LogP contribution in [0.5, 0.6) is 0 Å². The van der Waals surface area contributed by atoms with Gasteiger partial charge < -0.3 is 5.11 Å². The van der Waals surface area contributed by atoms with Gasteiger partial charge in [0.1, 0.15) is 5.60 Å². The average Bonchev–Trinajstić information content (AvgIpc) is 2.88. The number of hydrogen-bond acceptors (Lipinski definition) is 5. The Labute approximate surface area is 194 Å². The maximum atomic E-state index is 12.6. The number of aliphatic hydroxyl groups is 1. The lowest BCUT2D eigenvalue weighted by molar-refractivity contribution is -0.129. The molecule has 172 valence electrons. The highest BCUT2D eigenvalue weighted by molar-refractivity contribution is 5.96. The van der Waals surface area contributed by atoms with Gasteiger partial charge in [0.25, 0.3) is 0 Å². The lowest BCUT2D eigenvalue weighted by atomic mass is 9.80. The van der Waals surface area contributed by atoms with Crippen LogP contribution in [0.4, 0.5) is 0 Å². The van der Waals surface area contributed by atoms with Crippen molar-refractivity contribution in [3.8, 4) is 0 Å². The van der Waals surface area contributed by atoms with Crippen molar-refractivity contribution in [2.45, 2.75) is 50.5 Å². The molecule has 1 aromatic heterocycles. The normalized spacial score (nSPS) is 12.7. The Balaban J connectivity index is 1.62. The average molecular weight is 447 g/mol. The summed E-state index contributed by atoms with van der Waals surface area (Å²) in [6.07, 6.45) is 8.36. The number of aromatic nitrogens is 1. The molecule has 0 saturated carbocycles. The molecule has 0 aliphatic heterocycles. The highest BCUT2D eigenvalue weighted by atomic mass is 16.5. The van der Waals surface area contributed by atoms with Crippen LogP contribution in [-0.4, -0.2) is 27.0 Å². The molecule has 0 aliphatic rings. The number of Topliss-reactive ketones (excluding diaryl/α,β-unsaturated/α-hetero) is 1. The van der Waals surface area contributed by atoms with Gasteiger partial charge in [-0.05, 0) is 41.7 Å². The fraction of sp³-hybridized carbons (Fsp3) is 0.296. The minimum Gasteiger partial charge on any atom is -0.376 e. The lowest BCUT2D eigenvalue weighted by Gasteiger charge is -2.30. The molecule has 0 aliphatic carbocycles. The van der Waals surface area contributed by atoms with Gasteiger partial charge in [-0.2, -0.15) is 0 Å². The predicted molar refractivity (Wildman–Crippen MR) is 126 cm³/mol. The molecule has 33 heavy (non-hydrogen) atoms. The van der Waals surface area contributed by atoms with Crippen LogP contribution in [0.2, 0.25) is 0 Å². The molecular weight excluding hydrogens is 416 g/mol. The molecule has 0 bridgehead atoms. The Kier molecular flexibility index (Phi) is 8.87. The van der Waals surface area contributed by atoms with E-state index in [9.17, 15) is 14.7 Å². The summed E-state index contributed by atoms with van der Waals surface area (Å²) in [5.74, 6) is -0.287. The van der Waals surface area contributed by atoms with E-state index in [4.69, 9.17) is 5.21 Å². The molecule has 0 fully saturated rings. The summed E-state index contributed by atoms with van der Waals surface area (Å²) in [7, 11) is 0. The SMILES string of the molecule is O=C(CCCCCCCC(=O)c1ccc(C(O)(c2ccccc2)c2ccncc2)cc1)NO. The summed E-state index contributed by atoms with van der Waals surface area (Å²) in [6, 6.07) is 20.2. The van der Waals surface area contributed by atoms with Gasteiger partial charge in [0.2, 0.25) is 5.91 Å². The quantitative estimate of drug-likeness (QED) is 0.161. The molecule has 0 saturated heterocycles. The first kappa shape index (κ1) is 24.3. The number of hydrogen-bond donors (Lipinski definition) is 3. The molecule has 0 radical (unpaired) electrons. The molecule has 6 nitrogen and oxygen atoms in total. The number of hydroxylamine groups is 1. The third kappa shape index (κ3) is 6.34. The Morgan fingerprint density at radius 3 is 1.91 bits per heavy atom. The minimum atomic E-state index is -1.35. The van der Waals surface area contributed by atoms with Gasteiger partial charge in [-0.25, -0.2) is 5.48 Å². The fourth-order valence-corrected chi connectivity index (χ4v) is 3.97. The zero-order valence-corrected chi connectivity index (χ0v) is 18.6. The fourth-order valence-electron chi connectivity index (χ4n) is 3.97. The number of amides is 1. The monoisotopic (exact) mass is 446 g/mol. The first-order chi connectivity index (χ1) is 16.1. The number of nitrogens with zero attached hydrogens (tertiary/aromatic N) is 1. The Hall–Kier alpha value is -3.35. The zero-order valence-electron chi connectivity index (χ0n) is 18.6. The standard InChI is InChI=1S/C27H30N2O4/c30-25(11-7-2-1-3-8-12-26(31)29-33)21-13-15-23(16-14-21)27(32,22-9-5-4-6-10-22)24-17-19-28-20-18-24/h4-6,9-10,13-20,32-33H,1-3,7-8,11-12H2,(H,29,31). The second kappa shape index (κ2) is 12.0. The smallest absolute Gasteiger partial charge is 0.243 e. The molecule has 3 aromatic rings. The van der Waals surface area contributed by atoms with Gasteiger partial charge in [-0.15, -0.1) is 0 Å². The predicted octanol–water partition coefficient (Wildman–Crippen LogP) is 4.78. The number of carbonyl (C=O) groups is 2. The third-order valence-corrected chi connectivity index (χ3v) is 5.85. The summed E-state index contributed by atoms with van der Waals surface area (Å²) < 4.78 is 0. The molecule has 1 unspecified atom stereocenters. The number of benzene rings is 2. The van der Waals surface area contributed by atoms with Crippen molar-refractivity contribution in [2.75, 3.05) is 0 Å². The number of ketones is 1. The maximum absolute atomic E-state index is 12.6. The van der Waals surface area contributed by atoms with E-state index in [-0.39, 0.29) is 11.7 Å². The number of rotatable bonds is 12. The Morgan fingerprint density at radius 1 is 0.727 bits per heavy atom. The van der Waals surface area contributed by atoms with Gasteiger partial charge in [0.05, 0.1) is 0 Å². The van der Waals surface area contributed by atoms with Crippen molar-refractivity contribution < 1.29 is 19.9 Å². The van der Waals surface area contributed by atoms with E-state index in [0.29, 0.717) is 29.5 Å². The lowest BCUT2D eigenvalue weighted by Crippen LogP contribution is -2.28. The molecular formula is C27H30N2O4. The van der Waals surface area contributed by atoms with Crippen molar-refractivity contribution in [2.24, 2.45) is 0 Å². The van der Waals surface area contributed by atoms with Crippen molar-refractivity contribution in [1.29, 1.82) is 0 Å². The first-order valence-corrected chi connectivity index (χ1v) is 11.3. The van der Waals surface area contributed by atoms with Crippen molar-refractivity contribution in [3.63, 3.8) is 0 Å². The highest BCUT2D eigenvalue weighted by Crippen LogP contribution is 2.36. The van der Waals surface area contributed by atoms with Crippen molar-refractivity contribution in [3.05, 3.63) is 101 Å². The van der Waals surface area contributed by atoms with E-state index in [1.54, 1.807) is 42.1 Å². The Bertz CT molecular complexity index is 982. The molecule has 3 rings (SSSR count). The van der Waals surface area contributed by atoms with Crippen LogP contribution in [0.3, 0.4) is 0 Å². The summed E-state index contributed by atoms with van der Waals surface area (Å²) in [6.45, 7) is 0. The number of nitrogens with one attached hydrogen (secondary N) is 1. The molecule has 1 atom stereocenters. The van der Waals surface area contributed by atoms with Crippen LogP contribution in [0.15, 0.2) is 79.1 Å². The van der Waals surface area contributed by atoms with Crippen LogP contribution < -0.4 is 5.48 Å². The molecule has 3 N–H and O–H groups in total. The molecule has 0 spiro atoms. The van der Waals surface area contributed by atoms with E-state index < -0.39 is 5.60 Å².